The van der Waals surface area contributed by atoms with E-state index in [1.165, 1.54) is 6.07 Å². The van der Waals surface area contributed by atoms with Crippen LogP contribution in [0.4, 0.5) is 4.39 Å². The minimum Gasteiger partial charge on any atom is -0.392 e. The van der Waals surface area contributed by atoms with Crippen LogP contribution in [0.25, 0.3) is 0 Å². The van der Waals surface area contributed by atoms with Crippen molar-refractivity contribution in [3.05, 3.63) is 70.0 Å². The van der Waals surface area contributed by atoms with Gasteiger partial charge in [-0.2, -0.15) is 0 Å². The Hall–Kier alpha value is -2.11. The van der Waals surface area contributed by atoms with Gasteiger partial charge in [0.2, 0.25) is 0 Å². The van der Waals surface area contributed by atoms with Crippen LogP contribution in [-0.2, 0) is 19.7 Å². The molecule has 4 nitrogen and oxygen atoms in total. The lowest BCUT2D eigenvalue weighted by molar-refractivity contribution is 0.275. The molecule has 0 spiro atoms. The third-order valence-electron chi connectivity index (χ3n) is 3.67. The number of nitrogens with one attached hydrogen (secondary N) is 1. The summed E-state index contributed by atoms with van der Waals surface area (Å²) < 4.78 is 13.4. The van der Waals surface area contributed by atoms with Gasteiger partial charge < -0.3 is 15.3 Å². The molecule has 0 heterocycles. The molecule has 0 radical (unpaired) electrons. The normalized spacial score (nSPS) is 11.5. The second-order valence-corrected chi connectivity index (χ2v) is 5.84. The predicted molar refractivity (Wildman–Crippen MR) is 95.4 cm³/mol. The Labute approximate surface area is 146 Å². The molecule has 2 aromatic carbocycles. The number of halogens is 2. The lowest BCUT2D eigenvalue weighted by atomic mass is 10.1. The molecule has 0 bridgehead atoms. The molecule has 128 valence electrons. The molecule has 2 N–H and O–H groups in total. The summed E-state index contributed by atoms with van der Waals surface area (Å²) >= 11 is 6.19. The van der Waals surface area contributed by atoms with Crippen LogP contribution < -0.4 is 5.32 Å². The number of hydrogen-bond donors (Lipinski definition) is 2. The van der Waals surface area contributed by atoms with E-state index < -0.39 is 5.82 Å². The van der Waals surface area contributed by atoms with Crippen molar-refractivity contribution in [3.8, 4) is 0 Å². The van der Waals surface area contributed by atoms with E-state index in [1.54, 1.807) is 19.2 Å². The van der Waals surface area contributed by atoms with Crippen molar-refractivity contribution in [2.24, 2.45) is 4.99 Å². The van der Waals surface area contributed by atoms with Crippen molar-refractivity contribution in [2.45, 2.75) is 19.7 Å². The average molecular weight is 350 g/mol. The van der Waals surface area contributed by atoms with Crippen LogP contribution >= 0.6 is 11.6 Å². The summed E-state index contributed by atoms with van der Waals surface area (Å²) in [6.45, 7) is 0.776. The molecule has 0 atom stereocenters. The molecule has 0 aliphatic carbocycles. The number of nitrogens with zero attached hydrogens (tertiary/aromatic N) is 2. The van der Waals surface area contributed by atoms with Gasteiger partial charge in [-0.3, -0.25) is 4.99 Å². The minimum atomic E-state index is -0.401. The van der Waals surface area contributed by atoms with Crippen LogP contribution in [0.3, 0.4) is 0 Å². The van der Waals surface area contributed by atoms with Crippen LogP contribution in [0.15, 0.2) is 47.5 Å². The number of guanidine groups is 1. The Kier molecular flexibility index (Phi) is 6.58. The van der Waals surface area contributed by atoms with E-state index in [1.807, 2.05) is 36.2 Å². The third kappa shape index (κ3) is 4.69. The molecule has 0 saturated heterocycles. The van der Waals surface area contributed by atoms with Gasteiger partial charge in [-0.1, -0.05) is 35.9 Å². The quantitative estimate of drug-likeness (QED) is 0.644. The SMILES string of the molecule is CN=C(NCc1ccc(F)c(CO)c1)N(C)Cc1ccccc1Cl. The fraction of sp³-hybridized carbons (Fsp3) is 0.278. The minimum absolute atomic E-state index is 0.286. The number of hydrogen-bond acceptors (Lipinski definition) is 2. The van der Waals surface area contributed by atoms with Crippen molar-refractivity contribution in [3.63, 3.8) is 0 Å². The Balaban J connectivity index is 2.00. The first-order valence-electron chi connectivity index (χ1n) is 7.58. The highest BCUT2D eigenvalue weighted by atomic mass is 35.5. The Morgan fingerprint density at radius 3 is 2.67 bits per heavy atom. The first-order chi connectivity index (χ1) is 11.5. The number of benzene rings is 2. The van der Waals surface area contributed by atoms with Crippen molar-refractivity contribution < 1.29 is 9.50 Å². The molecule has 2 aromatic rings. The molecule has 24 heavy (non-hydrogen) atoms. The van der Waals surface area contributed by atoms with Crippen LogP contribution in [0.1, 0.15) is 16.7 Å². The first-order valence-corrected chi connectivity index (χ1v) is 7.96. The molecule has 0 fully saturated rings. The van der Waals surface area contributed by atoms with E-state index >= 15 is 0 Å². The van der Waals surface area contributed by atoms with Crippen LogP contribution in [0.2, 0.25) is 5.02 Å². The van der Waals surface area contributed by atoms with Crippen molar-refractivity contribution in [1.29, 1.82) is 0 Å². The zero-order valence-electron chi connectivity index (χ0n) is 13.8. The summed E-state index contributed by atoms with van der Waals surface area (Å²) in [4.78, 5) is 6.21. The number of aliphatic hydroxyl groups is 1. The van der Waals surface area contributed by atoms with Crippen molar-refractivity contribution >= 4 is 17.6 Å². The van der Waals surface area contributed by atoms with Crippen molar-refractivity contribution in [1.82, 2.24) is 10.2 Å². The molecule has 0 saturated carbocycles. The summed E-state index contributed by atoms with van der Waals surface area (Å²) in [5.41, 5.74) is 2.16. The zero-order valence-corrected chi connectivity index (χ0v) is 14.5. The molecular formula is C18H21ClFN3O. The summed E-state index contributed by atoms with van der Waals surface area (Å²) in [6, 6.07) is 12.4. The number of rotatable bonds is 5. The van der Waals surface area contributed by atoms with Gasteiger partial charge in [0.1, 0.15) is 5.82 Å². The van der Waals surface area contributed by atoms with Gasteiger partial charge in [-0.15, -0.1) is 0 Å². The molecular weight excluding hydrogens is 329 g/mol. The highest BCUT2D eigenvalue weighted by Gasteiger charge is 2.09. The predicted octanol–water partition coefficient (Wildman–Crippen LogP) is 3.18. The number of aliphatic hydroxyl groups excluding tert-OH is 1. The summed E-state index contributed by atoms with van der Waals surface area (Å²) in [6.07, 6.45) is 0. The third-order valence-corrected chi connectivity index (χ3v) is 4.04. The smallest absolute Gasteiger partial charge is 0.193 e. The maximum atomic E-state index is 13.4. The fourth-order valence-corrected chi connectivity index (χ4v) is 2.58. The number of aliphatic imine (C=N–C) groups is 1. The van der Waals surface area contributed by atoms with Crippen LogP contribution in [0.5, 0.6) is 0 Å². The maximum Gasteiger partial charge on any atom is 0.193 e. The van der Waals surface area contributed by atoms with Crippen LogP contribution in [-0.4, -0.2) is 30.1 Å². The van der Waals surface area contributed by atoms with Crippen molar-refractivity contribution in [2.75, 3.05) is 14.1 Å². The maximum absolute atomic E-state index is 13.4. The molecule has 2 rings (SSSR count). The molecule has 0 aromatic heterocycles. The first kappa shape index (κ1) is 18.2. The van der Waals surface area contributed by atoms with E-state index in [2.05, 4.69) is 10.3 Å². The zero-order chi connectivity index (χ0) is 17.5. The van der Waals surface area contributed by atoms with Crippen LogP contribution in [0, 0.1) is 5.82 Å². The van der Waals surface area contributed by atoms with Gasteiger partial charge in [0.05, 0.1) is 6.61 Å². The lowest BCUT2D eigenvalue weighted by Gasteiger charge is -2.22. The van der Waals surface area contributed by atoms with Gasteiger partial charge in [0.25, 0.3) is 0 Å². The van der Waals surface area contributed by atoms with Gasteiger partial charge >= 0.3 is 0 Å². The monoisotopic (exact) mass is 349 g/mol. The van der Waals surface area contributed by atoms with Gasteiger partial charge in [0, 0.05) is 37.8 Å². The summed E-state index contributed by atoms with van der Waals surface area (Å²) in [7, 11) is 3.62. The fourth-order valence-electron chi connectivity index (χ4n) is 2.38. The Bertz CT molecular complexity index is 721. The molecule has 0 amide bonds. The van der Waals surface area contributed by atoms with Gasteiger partial charge in [0.15, 0.2) is 5.96 Å². The highest BCUT2D eigenvalue weighted by Crippen LogP contribution is 2.16. The lowest BCUT2D eigenvalue weighted by Crippen LogP contribution is -2.38. The standard InChI is InChI=1S/C18H21ClFN3O/c1-21-18(23(2)11-14-5-3-4-6-16(14)19)22-10-13-7-8-17(20)15(9-13)12-24/h3-9,24H,10-12H2,1-2H3,(H,21,22). The highest BCUT2D eigenvalue weighted by molar-refractivity contribution is 6.31. The average Bonchev–Trinajstić information content (AvgIpc) is 2.58. The van der Waals surface area contributed by atoms with E-state index in [-0.39, 0.29) is 12.2 Å². The summed E-state index contributed by atoms with van der Waals surface area (Å²) in [5.74, 6) is 0.297. The van der Waals surface area contributed by atoms with E-state index in [9.17, 15) is 4.39 Å². The van der Waals surface area contributed by atoms with E-state index in [4.69, 9.17) is 16.7 Å². The second-order valence-electron chi connectivity index (χ2n) is 5.43. The molecule has 0 unspecified atom stereocenters. The molecule has 0 aliphatic heterocycles. The Morgan fingerprint density at radius 2 is 2.00 bits per heavy atom. The summed E-state index contributed by atoms with van der Waals surface area (Å²) in [5, 5.41) is 13.1. The molecule has 6 heteroatoms. The molecule has 0 aliphatic rings. The largest absolute Gasteiger partial charge is 0.392 e. The second kappa shape index (κ2) is 8.66. The van der Waals surface area contributed by atoms with E-state index in [0.29, 0.717) is 24.1 Å². The van der Waals surface area contributed by atoms with E-state index in [0.717, 1.165) is 11.1 Å². The topological polar surface area (TPSA) is 47.9 Å². The Morgan fingerprint density at radius 1 is 1.25 bits per heavy atom. The van der Waals surface area contributed by atoms with Gasteiger partial charge in [-0.05, 0) is 29.3 Å². The van der Waals surface area contributed by atoms with Gasteiger partial charge in [-0.25, -0.2) is 4.39 Å².